The maximum atomic E-state index is 13.3. The smallest absolute Gasteiger partial charge is 0.270 e. The number of rotatable bonds is 9. The zero-order valence-electron chi connectivity index (χ0n) is 19.2. The van der Waals surface area contributed by atoms with Gasteiger partial charge >= 0.3 is 0 Å². The second-order valence-electron chi connectivity index (χ2n) is 9.29. The molecule has 2 heterocycles. The van der Waals surface area contributed by atoms with E-state index in [0.717, 1.165) is 41.9 Å². The Morgan fingerprint density at radius 2 is 2.00 bits per heavy atom. The molecular formula is C24H29ClF2N4O2S. The molecule has 10 heteroatoms. The lowest BCUT2D eigenvalue weighted by atomic mass is 9.97. The molecule has 3 N–H and O–H groups in total. The third-order valence-corrected chi connectivity index (χ3v) is 7.98. The van der Waals surface area contributed by atoms with Crippen LogP contribution in [-0.2, 0) is 4.79 Å². The van der Waals surface area contributed by atoms with Crippen molar-refractivity contribution in [1.82, 2.24) is 15.6 Å². The first kappa shape index (κ1) is 24.9. The lowest BCUT2D eigenvalue weighted by molar-refractivity contribution is -0.124. The van der Waals surface area contributed by atoms with Crippen LogP contribution in [0, 0.1) is 12.8 Å². The normalized spacial score (nSPS) is 21.0. The number of pyridine rings is 1. The third kappa shape index (κ3) is 6.05. The molecule has 0 radical (unpaired) electrons. The molecule has 0 saturated heterocycles. The molecule has 34 heavy (non-hydrogen) atoms. The quantitative estimate of drug-likeness (QED) is 0.417. The summed E-state index contributed by atoms with van der Waals surface area (Å²) in [6, 6.07) is 3.33. The standard InChI is InChI=1S/C24H29ClF2N4O2S/c1-13-17(10-16(25)12-28-13)29-14(2)19-7-8-20(34-19)23(33)30-18(9-15-5-3-4-6-15)22(32)31-21-11-24(21,26)27/h7-8,10,12,14-15,18,21,29H,3-6,9,11H2,1-2H3,(H,30,33)(H,31,32)/t14-,18+,21+/m1/s1. The predicted octanol–water partition coefficient (Wildman–Crippen LogP) is 5.48. The maximum Gasteiger partial charge on any atom is 0.270 e. The number of aromatic nitrogens is 1. The first-order chi connectivity index (χ1) is 16.1. The SMILES string of the molecule is Cc1ncc(Cl)cc1N[C@H](C)c1ccc(C(=O)N[C@@H](CC2CCCC2)C(=O)N[C@H]2CC2(F)F)s1. The van der Waals surface area contributed by atoms with Crippen molar-refractivity contribution in [3.05, 3.63) is 44.9 Å². The van der Waals surface area contributed by atoms with Crippen molar-refractivity contribution >= 4 is 40.4 Å². The molecule has 2 aromatic rings. The molecule has 3 atom stereocenters. The first-order valence-corrected chi connectivity index (χ1v) is 12.8. The van der Waals surface area contributed by atoms with Crippen molar-refractivity contribution < 1.29 is 18.4 Å². The molecule has 0 aliphatic heterocycles. The number of nitrogens with one attached hydrogen (secondary N) is 3. The van der Waals surface area contributed by atoms with E-state index in [4.69, 9.17) is 11.6 Å². The van der Waals surface area contributed by atoms with Crippen LogP contribution in [0.5, 0.6) is 0 Å². The number of anilines is 1. The van der Waals surface area contributed by atoms with Gasteiger partial charge in [0.1, 0.15) is 6.04 Å². The van der Waals surface area contributed by atoms with E-state index in [2.05, 4.69) is 20.9 Å². The molecule has 2 fully saturated rings. The van der Waals surface area contributed by atoms with Gasteiger partial charge in [-0.25, -0.2) is 8.78 Å². The fraction of sp³-hybridized carbons (Fsp3) is 0.542. The van der Waals surface area contributed by atoms with E-state index in [1.807, 2.05) is 19.9 Å². The second kappa shape index (κ2) is 10.2. The summed E-state index contributed by atoms with van der Waals surface area (Å²) >= 11 is 7.37. The van der Waals surface area contributed by atoms with Gasteiger partial charge in [-0.1, -0.05) is 37.3 Å². The van der Waals surface area contributed by atoms with Crippen LogP contribution in [0.3, 0.4) is 0 Å². The van der Waals surface area contributed by atoms with Gasteiger partial charge in [-0.05, 0) is 44.4 Å². The van der Waals surface area contributed by atoms with Crippen LogP contribution in [0.2, 0.25) is 5.02 Å². The van der Waals surface area contributed by atoms with Crippen LogP contribution in [0.15, 0.2) is 24.4 Å². The lowest BCUT2D eigenvalue weighted by Gasteiger charge is -2.21. The molecule has 0 aromatic carbocycles. The third-order valence-electron chi connectivity index (χ3n) is 6.51. The molecule has 2 aliphatic rings. The van der Waals surface area contributed by atoms with Crippen LogP contribution in [0.25, 0.3) is 0 Å². The molecule has 2 aliphatic carbocycles. The Bertz CT molecular complexity index is 1060. The van der Waals surface area contributed by atoms with E-state index in [9.17, 15) is 18.4 Å². The monoisotopic (exact) mass is 510 g/mol. The summed E-state index contributed by atoms with van der Waals surface area (Å²) in [6.07, 6.45) is 5.87. The van der Waals surface area contributed by atoms with Gasteiger partial charge in [0, 0.05) is 17.5 Å². The van der Waals surface area contributed by atoms with Gasteiger partial charge in [0.15, 0.2) is 0 Å². The summed E-state index contributed by atoms with van der Waals surface area (Å²) in [6.45, 7) is 3.85. The van der Waals surface area contributed by atoms with Gasteiger partial charge < -0.3 is 16.0 Å². The number of nitrogens with zero attached hydrogens (tertiary/aromatic N) is 1. The van der Waals surface area contributed by atoms with Gasteiger partial charge in [-0.2, -0.15) is 0 Å². The van der Waals surface area contributed by atoms with Gasteiger partial charge in [0.05, 0.1) is 33.4 Å². The Hall–Kier alpha value is -2.26. The number of carbonyl (C=O) groups excluding carboxylic acids is 2. The van der Waals surface area contributed by atoms with Crippen LogP contribution < -0.4 is 16.0 Å². The molecule has 6 nitrogen and oxygen atoms in total. The molecule has 4 rings (SSSR count). The summed E-state index contributed by atoms with van der Waals surface area (Å²) in [5.41, 5.74) is 1.62. The highest BCUT2D eigenvalue weighted by Gasteiger charge is 2.58. The first-order valence-electron chi connectivity index (χ1n) is 11.6. The van der Waals surface area contributed by atoms with Crippen molar-refractivity contribution in [1.29, 1.82) is 0 Å². The topological polar surface area (TPSA) is 83.1 Å². The number of hydrogen-bond donors (Lipinski definition) is 3. The summed E-state index contributed by atoms with van der Waals surface area (Å²) in [5, 5.41) is 9.10. The number of carbonyl (C=O) groups is 2. The largest absolute Gasteiger partial charge is 0.376 e. The van der Waals surface area contributed by atoms with E-state index in [1.165, 1.54) is 11.3 Å². The Balaban J connectivity index is 1.40. The zero-order valence-corrected chi connectivity index (χ0v) is 20.7. The summed E-state index contributed by atoms with van der Waals surface area (Å²) in [4.78, 5) is 31.3. The average molecular weight is 511 g/mol. The molecule has 2 aromatic heterocycles. The zero-order chi connectivity index (χ0) is 24.5. The Morgan fingerprint density at radius 3 is 2.68 bits per heavy atom. The second-order valence-corrected chi connectivity index (χ2v) is 10.8. The van der Waals surface area contributed by atoms with Crippen LogP contribution in [-0.4, -0.2) is 34.8 Å². The van der Waals surface area contributed by atoms with E-state index >= 15 is 0 Å². The highest BCUT2D eigenvalue weighted by atomic mass is 35.5. The van der Waals surface area contributed by atoms with Gasteiger partial charge in [0.25, 0.3) is 11.8 Å². The summed E-state index contributed by atoms with van der Waals surface area (Å²) in [5.74, 6) is -3.43. The Kier molecular flexibility index (Phi) is 7.42. The highest BCUT2D eigenvalue weighted by molar-refractivity contribution is 7.14. The number of aryl methyl sites for hydroxylation is 1. The Morgan fingerprint density at radius 1 is 1.29 bits per heavy atom. The molecule has 0 bridgehead atoms. The van der Waals surface area contributed by atoms with E-state index in [-0.39, 0.29) is 18.4 Å². The highest BCUT2D eigenvalue weighted by Crippen LogP contribution is 2.41. The van der Waals surface area contributed by atoms with Crippen molar-refractivity contribution in [3.8, 4) is 0 Å². The van der Waals surface area contributed by atoms with Crippen molar-refractivity contribution in [2.75, 3.05) is 5.32 Å². The number of amides is 2. The minimum atomic E-state index is -2.85. The van der Waals surface area contributed by atoms with Gasteiger partial charge in [-0.3, -0.25) is 14.6 Å². The molecular weight excluding hydrogens is 482 g/mol. The maximum absolute atomic E-state index is 13.3. The summed E-state index contributed by atoms with van der Waals surface area (Å²) < 4.78 is 26.6. The van der Waals surface area contributed by atoms with Gasteiger partial charge in [0.2, 0.25) is 5.91 Å². The minimum Gasteiger partial charge on any atom is -0.376 e. The van der Waals surface area contributed by atoms with E-state index in [1.54, 1.807) is 18.3 Å². The predicted molar refractivity (Wildman–Crippen MR) is 130 cm³/mol. The lowest BCUT2D eigenvalue weighted by Crippen LogP contribution is -2.48. The molecule has 2 saturated carbocycles. The number of alkyl halides is 2. The van der Waals surface area contributed by atoms with Crippen LogP contribution >= 0.6 is 22.9 Å². The minimum absolute atomic E-state index is 0.0970. The fourth-order valence-electron chi connectivity index (χ4n) is 4.35. The van der Waals surface area contributed by atoms with Crippen molar-refractivity contribution in [3.63, 3.8) is 0 Å². The molecule has 2 amide bonds. The van der Waals surface area contributed by atoms with E-state index < -0.39 is 23.9 Å². The molecule has 184 valence electrons. The molecule has 0 spiro atoms. The van der Waals surface area contributed by atoms with E-state index in [0.29, 0.717) is 22.2 Å². The fourth-order valence-corrected chi connectivity index (χ4v) is 5.42. The van der Waals surface area contributed by atoms with Gasteiger partial charge in [-0.15, -0.1) is 11.3 Å². The number of halogens is 3. The van der Waals surface area contributed by atoms with Crippen LogP contribution in [0.1, 0.15) is 71.7 Å². The number of hydrogen-bond acceptors (Lipinski definition) is 5. The number of thiophene rings is 1. The Labute approximate surface area is 206 Å². The average Bonchev–Trinajstić information content (AvgIpc) is 3.22. The van der Waals surface area contributed by atoms with Crippen LogP contribution in [0.4, 0.5) is 14.5 Å². The van der Waals surface area contributed by atoms with Crippen molar-refractivity contribution in [2.45, 2.75) is 76.4 Å². The van der Waals surface area contributed by atoms with Crippen molar-refractivity contribution in [2.24, 2.45) is 5.92 Å². The summed E-state index contributed by atoms with van der Waals surface area (Å²) in [7, 11) is 0. The molecule has 0 unspecified atom stereocenters.